The number of guanidine groups is 1. The minimum absolute atomic E-state index is 0. The molecule has 21 heavy (non-hydrogen) atoms. The first-order valence-electron chi connectivity index (χ1n) is 8.24. The van der Waals surface area contributed by atoms with E-state index >= 15 is 0 Å². The van der Waals surface area contributed by atoms with E-state index < -0.39 is 0 Å². The van der Waals surface area contributed by atoms with Crippen molar-refractivity contribution in [3.8, 4) is 0 Å². The maximum Gasteiger partial charge on any atom is 0.191 e. The minimum Gasteiger partial charge on any atom is -0.357 e. The molecule has 2 N–H and O–H groups in total. The van der Waals surface area contributed by atoms with Crippen LogP contribution >= 0.6 is 24.0 Å². The highest BCUT2D eigenvalue weighted by atomic mass is 127. The van der Waals surface area contributed by atoms with Crippen LogP contribution in [0.2, 0.25) is 0 Å². The molecule has 126 valence electrons. The van der Waals surface area contributed by atoms with Crippen molar-refractivity contribution in [2.75, 3.05) is 33.2 Å². The van der Waals surface area contributed by atoms with E-state index in [0.717, 1.165) is 30.9 Å². The summed E-state index contributed by atoms with van der Waals surface area (Å²) in [6.07, 6.45) is 3.75. The first-order chi connectivity index (χ1) is 9.51. The van der Waals surface area contributed by atoms with Crippen molar-refractivity contribution in [2.45, 2.75) is 53.0 Å². The number of nitrogens with zero attached hydrogens (tertiary/aromatic N) is 2. The van der Waals surface area contributed by atoms with Crippen LogP contribution in [0.15, 0.2) is 4.99 Å². The van der Waals surface area contributed by atoms with Gasteiger partial charge in [0, 0.05) is 25.7 Å². The maximum atomic E-state index is 4.76. The van der Waals surface area contributed by atoms with Crippen LogP contribution in [0.3, 0.4) is 0 Å². The van der Waals surface area contributed by atoms with Gasteiger partial charge in [-0.25, -0.2) is 0 Å². The van der Waals surface area contributed by atoms with Gasteiger partial charge in [0.25, 0.3) is 0 Å². The van der Waals surface area contributed by atoms with Crippen molar-refractivity contribution in [3.05, 3.63) is 0 Å². The smallest absolute Gasteiger partial charge is 0.191 e. The zero-order valence-corrected chi connectivity index (χ0v) is 16.8. The average molecular weight is 410 g/mol. The zero-order chi connectivity index (χ0) is 15.0. The maximum absolute atomic E-state index is 4.76. The summed E-state index contributed by atoms with van der Waals surface area (Å²) in [6, 6.07) is 0.487. The van der Waals surface area contributed by atoms with Crippen molar-refractivity contribution in [1.29, 1.82) is 0 Å². The van der Waals surface area contributed by atoms with Crippen LogP contribution in [0.4, 0.5) is 0 Å². The van der Waals surface area contributed by atoms with Gasteiger partial charge in [0.05, 0.1) is 0 Å². The fourth-order valence-electron chi connectivity index (χ4n) is 2.60. The normalized spacial score (nSPS) is 21.2. The summed E-state index contributed by atoms with van der Waals surface area (Å²) >= 11 is 0. The van der Waals surface area contributed by atoms with Crippen LogP contribution in [-0.4, -0.2) is 50.1 Å². The van der Waals surface area contributed by atoms with Gasteiger partial charge in [-0.3, -0.25) is 4.99 Å². The van der Waals surface area contributed by atoms with Gasteiger partial charge in [-0.05, 0) is 58.5 Å². The Balaban J connectivity index is 0.00000400. The van der Waals surface area contributed by atoms with Gasteiger partial charge in [-0.2, -0.15) is 0 Å². The Morgan fingerprint density at radius 2 is 2.00 bits per heavy atom. The van der Waals surface area contributed by atoms with Crippen molar-refractivity contribution < 1.29 is 0 Å². The molecule has 0 aliphatic carbocycles. The largest absolute Gasteiger partial charge is 0.357 e. The van der Waals surface area contributed by atoms with Crippen LogP contribution in [-0.2, 0) is 0 Å². The van der Waals surface area contributed by atoms with Crippen LogP contribution in [0, 0.1) is 11.8 Å². The molecule has 0 radical (unpaired) electrons. The molecule has 1 fully saturated rings. The third-order valence-electron chi connectivity index (χ3n) is 3.90. The standard InChI is InChI=1S/C16H34N4.HI/c1-6-17-16(19-14(4)8-7-13(2)3)18-11-15-9-10-20(5)12-15;/h13-15H,6-12H2,1-5H3,(H2,17,18,19);1H. The lowest BCUT2D eigenvalue weighted by Crippen LogP contribution is -2.42. The van der Waals surface area contributed by atoms with Gasteiger partial charge in [0.2, 0.25) is 0 Å². The summed E-state index contributed by atoms with van der Waals surface area (Å²) in [5.41, 5.74) is 0. The van der Waals surface area contributed by atoms with E-state index in [2.05, 4.69) is 50.3 Å². The Morgan fingerprint density at radius 3 is 2.52 bits per heavy atom. The Bertz CT molecular complexity index is 294. The van der Waals surface area contributed by atoms with E-state index in [9.17, 15) is 0 Å². The van der Waals surface area contributed by atoms with Gasteiger partial charge >= 0.3 is 0 Å². The number of nitrogens with one attached hydrogen (secondary N) is 2. The molecule has 1 aliphatic heterocycles. The first kappa shape index (κ1) is 21.0. The molecule has 0 aromatic heterocycles. The average Bonchev–Trinajstić information content (AvgIpc) is 2.80. The first-order valence-corrected chi connectivity index (χ1v) is 8.24. The predicted molar refractivity (Wildman–Crippen MR) is 104 cm³/mol. The number of hydrogen-bond acceptors (Lipinski definition) is 2. The van der Waals surface area contributed by atoms with Crippen LogP contribution in [0.25, 0.3) is 0 Å². The second kappa shape index (κ2) is 11.5. The van der Waals surface area contributed by atoms with Crippen molar-refractivity contribution >= 4 is 29.9 Å². The van der Waals surface area contributed by atoms with Gasteiger partial charge in [-0.1, -0.05) is 13.8 Å². The number of aliphatic imine (C=N–C) groups is 1. The Labute approximate surface area is 148 Å². The lowest BCUT2D eigenvalue weighted by molar-refractivity contribution is 0.397. The van der Waals surface area contributed by atoms with Gasteiger partial charge in [0.15, 0.2) is 5.96 Å². The fraction of sp³-hybridized carbons (Fsp3) is 0.938. The van der Waals surface area contributed by atoms with E-state index in [1.807, 2.05) is 0 Å². The molecule has 1 heterocycles. The summed E-state index contributed by atoms with van der Waals surface area (Å²) in [4.78, 5) is 7.16. The summed E-state index contributed by atoms with van der Waals surface area (Å²) in [6.45, 7) is 13.2. The Kier molecular flexibility index (Phi) is 11.5. The lowest BCUT2D eigenvalue weighted by Gasteiger charge is -2.19. The summed E-state index contributed by atoms with van der Waals surface area (Å²) in [5, 5.41) is 6.90. The van der Waals surface area contributed by atoms with Gasteiger partial charge in [-0.15, -0.1) is 24.0 Å². The van der Waals surface area contributed by atoms with Crippen molar-refractivity contribution in [1.82, 2.24) is 15.5 Å². The summed E-state index contributed by atoms with van der Waals surface area (Å²) < 4.78 is 0. The number of hydrogen-bond donors (Lipinski definition) is 2. The highest BCUT2D eigenvalue weighted by molar-refractivity contribution is 14.0. The number of likely N-dealkylation sites (tertiary alicyclic amines) is 1. The van der Waals surface area contributed by atoms with Crippen LogP contribution in [0.5, 0.6) is 0 Å². The molecular formula is C16H35IN4. The molecule has 2 unspecified atom stereocenters. The topological polar surface area (TPSA) is 39.7 Å². The molecular weight excluding hydrogens is 375 g/mol. The highest BCUT2D eigenvalue weighted by Gasteiger charge is 2.19. The van der Waals surface area contributed by atoms with E-state index in [1.54, 1.807) is 0 Å². The summed E-state index contributed by atoms with van der Waals surface area (Å²) in [7, 11) is 2.20. The van der Waals surface area contributed by atoms with Gasteiger partial charge in [0.1, 0.15) is 0 Å². The Hall–Kier alpha value is -0.0400. The minimum atomic E-state index is 0. The van der Waals surface area contributed by atoms with Crippen molar-refractivity contribution in [3.63, 3.8) is 0 Å². The number of halogens is 1. The quantitative estimate of drug-likeness (QED) is 0.385. The van der Waals surface area contributed by atoms with Crippen LogP contribution in [0.1, 0.15) is 47.0 Å². The molecule has 5 heteroatoms. The molecule has 1 saturated heterocycles. The van der Waals surface area contributed by atoms with Crippen LogP contribution < -0.4 is 10.6 Å². The van der Waals surface area contributed by atoms with Gasteiger partial charge < -0.3 is 15.5 Å². The predicted octanol–water partition coefficient (Wildman–Crippen LogP) is 2.94. The third-order valence-corrected chi connectivity index (χ3v) is 3.90. The lowest BCUT2D eigenvalue weighted by atomic mass is 10.0. The van der Waals surface area contributed by atoms with E-state index in [0.29, 0.717) is 6.04 Å². The monoisotopic (exact) mass is 410 g/mol. The molecule has 0 aromatic rings. The molecule has 0 saturated carbocycles. The highest BCUT2D eigenvalue weighted by Crippen LogP contribution is 2.14. The fourth-order valence-corrected chi connectivity index (χ4v) is 2.60. The van der Waals surface area contributed by atoms with E-state index in [1.165, 1.54) is 32.4 Å². The molecule has 4 nitrogen and oxygen atoms in total. The third kappa shape index (κ3) is 9.55. The molecule has 0 spiro atoms. The van der Waals surface area contributed by atoms with E-state index in [-0.39, 0.29) is 24.0 Å². The molecule has 2 atom stereocenters. The number of rotatable bonds is 7. The molecule has 1 aliphatic rings. The summed E-state index contributed by atoms with van der Waals surface area (Å²) in [5.74, 6) is 2.48. The molecule has 1 rings (SSSR count). The van der Waals surface area contributed by atoms with Crippen molar-refractivity contribution in [2.24, 2.45) is 16.8 Å². The second-order valence-electron chi connectivity index (χ2n) is 6.65. The SMILES string of the molecule is CCNC(=NCC1CCN(C)C1)NC(C)CCC(C)C.I. The molecule has 0 amide bonds. The molecule has 0 aromatic carbocycles. The van der Waals surface area contributed by atoms with E-state index in [4.69, 9.17) is 4.99 Å². The zero-order valence-electron chi connectivity index (χ0n) is 14.5. The second-order valence-corrected chi connectivity index (χ2v) is 6.65. The Morgan fingerprint density at radius 1 is 1.29 bits per heavy atom. The molecule has 0 bridgehead atoms.